The minimum Gasteiger partial charge on any atom is -0.481 e. The first-order valence-electron chi connectivity index (χ1n) is 8.87. The molecule has 0 heterocycles. The third-order valence-electron chi connectivity index (χ3n) is 4.69. The summed E-state index contributed by atoms with van der Waals surface area (Å²) >= 11 is 0. The Morgan fingerprint density at radius 2 is 1.72 bits per heavy atom. The number of hydrogen-bond acceptors (Lipinski definition) is 4. The van der Waals surface area contributed by atoms with Crippen LogP contribution in [0, 0.1) is 11.2 Å². The highest BCUT2D eigenvalue weighted by atomic mass is 19.1. The van der Waals surface area contributed by atoms with E-state index in [1.165, 1.54) is 19.1 Å². The zero-order valence-electron chi connectivity index (χ0n) is 15.8. The van der Waals surface area contributed by atoms with Crippen molar-refractivity contribution in [1.82, 2.24) is 5.32 Å². The summed E-state index contributed by atoms with van der Waals surface area (Å²) in [6.07, 6.45) is -0.00514. The summed E-state index contributed by atoms with van der Waals surface area (Å²) in [6.45, 7) is 0.655. The third-order valence-corrected chi connectivity index (χ3v) is 4.69. The van der Waals surface area contributed by atoms with E-state index in [0.29, 0.717) is 11.1 Å². The Morgan fingerprint density at radius 3 is 2.24 bits per heavy atom. The summed E-state index contributed by atoms with van der Waals surface area (Å²) in [4.78, 5) is 33.9. The summed E-state index contributed by atoms with van der Waals surface area (Å²) in [5.41, 5.74) is 0.625. The maximum atomic E-state index is 13.4. The van der Waals surface area contributed by atoms with E-state index < -0.39 is 35.9 Å². The monoisotopic (exact) mass is 403 g/mol. The molecule has 2 aromatic rings. The molecule has 2 unspecified atom stereocenters. The van der Waals surface area contributed by atoms with E-state index in [1.54, 1.807) is 36.4 Å². The quantitative estimate of drug-likeness (QED) is 0.501. The van der Waals surface area contributed by atoms with E-state index in [-0.39, 0.29) is 18.7 Å². The van der Waals surface area contributed by atoms with Crippen LogP contribution in [-0.4, -0.2) is 45.8 Å². The van der Waals surface area contributed by atoms with E-state index in [1.807, 2.05) is 0 Å². The fourth-order valence-corrected chi connectivity index (χ4v) is 2.97. The molecular formula is C21H22FNO6. The standard InChI is InChI=1S/C21H22FNO6/c1-21(12-24,20(28)29)11-17(23-18(25)19(26)27)9-13-5-7-14(8-6-13)15-3-2-4-16(22)10-15/h2-8,10,17,24H,9,11-12H2,1H3,(H,23,25)(H,26,27)(H,28,29). The molecule has 0 saturated heterocycles. The molecule has 2 atom stereocenters. The molecule has 0 radical (unpaired) electrons. The molecule has 0 aliphatic rings. The fraction of sp³-hybridized carbons (Fsp3) is 0.286. The van der Waals surface area contributed by atoms with Crippen molar-refractivity contribution in [2.75, 3.05) is 6.61 Å². The highest BCUT2D eigenvalue weighted by molar-refractivity contribution is 6.31. The van der Waals surface area contributed by atoms with Crippen molar-refractivity contribution in [3.8, 4) is 11.1 Å². The number of benzene rings is 2. The highest BCUT2D eigenvalue weighted by Crippen LogP contribution is 2.26. The molecular weight excluding hydrogens is 381 g/mol. The number of amides is 1. The lowest BCUT2D eigenvalue weighted by Gasteiger charge is -2.28. The van der Waals surface area contributed by atoms with E-state index in [2.05, 4.69) is 5.32 Å². The molecule has 8 heteroatoms. The number of rotatable bonds is 8. The van der Waals surface area contributed by atoms with Gasteiger partial charge in [-0.25, -0.2) is 9.18 Å². The SMILES string of the molecule is CC(CO)(CC(Cc1ccc(-c2cccc(F)c2)cc1)NC(=O)C(=O)O)C(=O)O. The molecule has 0 fully saturated rings. The molecule has 0 bridgehead atoms. The average molecular weight is 403 g/mol. The second kappa shape index (κ2) is 9.29. The molecule has 154 valence electrons. The predicted octanol–water partition coefficient (Wildman–Crippen LogP) is 2.08. The fourth-order valence-electron chi connectivity index (χ4n) is 2.97. The zero-order chi connectivity index (χ0) is 21.6. The van der Waals surface area contributed by atoms with Crippen LogP contribution in [0.4, 0.5) is 4.39 Å². The maximum absolute atomic E-state index is 13.4. The van der Waals surface area contributed by atoms with Crippen molar-refractivity contribution in [3.63, 3.8) is 0 Å². The molecule has 4 N–H and O–H groups in total. The van der Waals surface area contributed by atoms with Crippen LogP contribution < -0.4 is 5.32 Å². The van der Waals surface area contributed by atoms with Crippen molar-refractivity contribution < 1.29 is 34.1 Å². The summed E-state index contributed by atoms with van der Waals surface area (Å²) < 4.78 is 13.4. The van der Waals surface area contributed by atoms with E-state index in [9.17, 15) is 29.0 Å². The maximum Gasteiger partial charge on any atom is 0.394 e. The Labute approximate surface area is 166 Å². The molecule has 1 amide bonds. The van der Waals surface area contributed by atoms with Crippen LogP contribution in [-0.2, 0) is 20.8 Å². The van der Waals surface area contributed by atoms with Crippen molar-refractivity contribution in [1.29, 1.82) is 0 Å². The lowest BCUT2D eigenvalue weighted by Crippen LogP contribution is -2.46. The van der Waals surface area contributed by atoms with Gasteiger partial charge in [0.1, 0.15) is 5.82 Å². The van der Waals surface area contributed by atoms with Crippen molar-refractivity contribution >= 4 is 17.8 Å². The van der Waals surface area contributed by atoms with Gasteiger partial charge in [-0.15, -0.1) is 0 Å². The average Bonchev–Trinajstić information content (AvgIpc) is 2.68. The minimum absolute atomic E-state index is 0.158. The van der Waals surface area contributed by atoms with Crippen LogP contribution in [0.3, 0.4) is 0 Å². The molecule has 0 aliphatic heterocycles. The van der Waals surface area contributed by atoms with Crippen LogP contribution in [0.25, 0.3) is 11.1 Å². The first-order valence-corrected chi connectivity index (χ1v) is 8.87. The van der Waals surface area contributed by atoms with Crippen molar-refractivity contribution in [2.45, 2.75) is 25.8 Å². The Kier molecular flexibility index (Phi) is 7.06. The Balaban J connectivity index is 2.22. The van der Waals surface area contributed by atoms with Gasteiger partial charge in [0.15, 0.2) is 0 Å². The molecule has 2 aromatic carbocycles. The Hall–Kier alpha value is -3.26. The lowest BCUT2D eigenvalue weighted by atomic mass is 9.82. The second-order valence-corrected chi connectivity index (χ2v) is 7.11. The normalized spacial score (nSPS) is 13.9. The molecule has 0 aliphatic carbocycles. The Bertz CT molecular complexity index is 898. The summed E-state index contributed by atoms with van der Waals surface area (Å²) in [6, 6.07) is 12.2. The van der Waals surface area contributed by atoms with Gasteiger partial charge in [0, 0.05) is 6.04 Å². The number of carbonyl (C=O) groups excluding carboxylic acids is 1. The van der Waals surface area contributed by atoms with Gasteiger partial charge >= 0.3 is 17.8 Å². The lowest BCUT2D eigenvalue weighted by molar-refractivity contribution is -0.152. The third kappa shape index (κ3) is 5.86. The van der Waals surface area contributed by atoms with Gasteiger partial charge in [-0.1, -0.05) is 36.4 Å². The van der Waals surface area contributed by atoms with Gasteiger partial charge in [-0.05, 0) is 48.6 Å². The van der Waals surface area contributed by atoms with Crippen LogP contribution in [0.15, 0.2) is 48.5 Å². The van der Waals surface area contributed by atoms with Crippen LogP contribution >= 0.6 is 0 Å². The largest absolute Gasteiger partial charge is 0.481 e. The molecule has 7 nitrogen and oxygen atoms in total. The second-order valence-electron chi connectivity index (χ2n) is 7.11. The number of aliphatic hydroxyl groups excluding tert-OH is 1. The number of carbonyl (C=O) groups is 3. The highest BCUT2D eigenvalue weighted by Gasteiger charge is 2.36. The van der Waals surface area contributed by atoms with Crippen LogP contribution in [0.1, 0.15) is 18.9 Å². The van der Waals surface area contributed by atoms with Crippen LogP contribution in [0.5, 0.6) is 0 Å². The topological polar surface area (TPSA) is 124 Å². The molecule has 0 spiro atoms. The van der Waals surface area contributed by atoms with Crippen molar-refractivity contribution in [3.05, 3.63) is 59.9 Å². The molecule has 2 rings (SSSR count). The molecule has 0 aromatic heterocycles. The molecule has 0 saturated carbocycles. The number of nitrogens with one attached hydrogen (secondary N) is 1. The van der Waals surface area contributed by atoms with Gasteiger partial charge in [0.25, 0.3) is 0 Å². The number of aliphatic hydroxyl groups is 1. The predicted molar refractivity (Wildman–Crippen MR) is 103 cm³/mol. The number of hydrogen-bond donors (Lipinski definition) is 4. The van der Waals surface area contributed by atoms with Gasteiger partial charge in [0.2, 0.25) is 0 Å². The van der Waals surface area contributed by atoms with Gasteiger partial charge < -0.3 is 20.6 Å². The van der Waals surface area contributed by atoms with E-state index in [0.717, 1.165) is 5.56 Å². The number of aliphatic carboxylic acids is 2. The van der Waals surface area contributed by atoms with E-state index in [4.69, 9.17) is 5.11 Å². The minimum atomic E-state index is -1.68. The number of carboxylic acids is 2. The van der Waals surface area contributed by atoms with Gasteiger partial charge in [-0.2, -0.15) is 0 Å². The Morgan fingerprint density at radius 1 is 1.07 bits per heavy atom. The number of carboxylic acid groups (broad SMARTS) is 2. The molecule has 29 heavy (non-hydrogen) atoms. The van der Waals surface area contributed by atoms with Crippen LogP contribution in [0.2, 0.25) is 0 Å². The first kappa shape index (κ1) is 22.0. The smallest absolute Gasteiger partial charge is 0.394 e. The summed E-state index contributed by atoms with van der Waals surface area (Å²) in [5, 5.41) is 30.0. The van der Waals surface area contributed by atoms with Crippen molar-refractivity contribution in [2.24, 2.45) is 5.41 Å². The summed E-state index contributed by atoms with van der Waals surface area (Å²) in [5.74, 6) is -4.55. The first-order chi connectivity index (χ1) is 13.6. The van der Waals surface area contributed by atoms with E-state index >= 15 is 0 Å². The zero-order valence-corrected chi connectivity index (χ0v) is 15.8. The van der Waals surface area contributed by atoms with Gasteiger partial charge in [-0.3, -0.25) is 9.59 Å². The van der Waals surface area contributed by atoms with Gasteiger partial charge in [0.05, 0.1) is 12.0 Å². The summed E-state index contributed by atoms with van der Waals surface area (Å²) in [7, 11) is 0. The number of halogens is 1.